The number of nitrogens with zero attached hydrogens (tertiary/aromatic N) is 1. The molecule has 1 aliphatic rings. The predicted molar refractivity (Wildman–Crippen MR) is 65.6 cm³/mol. The van der Waals surface area contributed by atoms with Crippen LogP contribution in [0.15, 0.2) is 22.7 Å². The van der Waals surface area contributed by atoms with Crippen LogP contribution in [0.3, 0.4) is 0 Å². The smallest absolute Gasteiger partial charge is 0.307 e. The Morgan fingerprint density at radius 1 is 1.53 bits per heavy atom. The number of halogens is 1. The lowest BCUT2D eigenvalue weighted by Gasteiger charge is -2.19. The van der Waals surface area contributed by atoms with Crippen LogP contribution in [0.1, 0.15) is 28.4 Å². The molecule has 90 valence electrons. The summed E-state index contributed by atoms with van der Waals surface area (Å²) >= 11 is 3.33. The highest BCUT2D eigenvalue weighted by Gasteiger charge is 2.35. The van der Waals surface area contributed by atoms with Crippen molar-refractivity contribution in [2.45, 2.75) is 12.5 Å². The van der Waals surface area contributed by atoms with Crippen molar-refractivity contribution in [3.63, 3.8) is 0 Å². The highest BCUT2D eigenvalue weighted by Crippen LogP contribution is 2.36. The zero-order chi connectivity index (χ0) is 12.6. The van der Waals surface area contributed by atoms with Gasteiger partial charge in [0.1, 0.15) is 0 Å². The first-order chi connectivity index (χ1) is 8.04. The number of carbonyl (C=O) groups is 2. The Morgan fingerprint density at radius 3 is 2.88 bits per heavy atom. The van der Waals surface area contributed by atoms with Crippen molar-refractivity contribution in [2.24, 2.45) is 0 Å². The third-order valence-corrected chi connectivity index (χ3v) is 3.47. The van der Waals surface area contributed by atoms with Gasteiger partial charge in [-0.1, -0.05) is 22.0 Å². The van der Waals surface area contributed by atoms with Crippen molar-refractivity contribution in [2.75, 3.05) is 14.2 Å². The van der Waals surface area contributed by atoms with E-state index in [2.05, 4.69) is 20.7 Å². The first kappa shape index (κ1) is 12.1. The summed E-state index contributed by atoms with van der Waals surface area (Å²) in [5.74, 6) is -0.374. The van der Waals surface area contributed by atoms with Gasteiger partial charge in [-0.3, -0.25) is 9.59 Å². The van der Waals surface area contributed by atoms with Crippen LogP contribution >= 0.6 is 15.9 Å². The van der Waals surface area contributed by atoms with Crippen molar-refractivity contribution < 1.29 is 14.3 Å². The SMILES string of the molecule is COC(=O)C[C@@H]1c2ccc(Br)cc2C(=O)N1C. The highest BCUT2D eigenvalue weighted by molar-refractivity contribution is 9.10. The maximum absolute atomic E-state index is 12.0. The number of hydrogen-bond donors (Lipinski definition) is 0. The number of hydrogen-bond acceptors (Lipinski definition) is 3. The van der Waals surface area contributed by atoms with E-state index in [-0.39, 0.29) is 24.3 Å². The minimum absolute atomic E-state index is 0.0600. The van der Waals surface area contributed by atoms with E-state index in [4.69, 9.17) is 0 Å². The van der Waals surface area contributed by atoms with Crippen LogP contribution < -0.4 is 0 Å². The molecule has 2 rings (SSSR count). The number of ether oxygens (including phenoxy) is 1. The van der Waals surface area contributed by atoms with Crippen LogP contribution in [-0.2, 0) is 9.53 Å². The van der Waals surface area contributed by atoms with Gasteiger partial charge in [0, 0.05) is 17.1 Å². The van der Waals surface area contributed by atoms with Gasteiger partial charge in [0.2, 0.25) is 0 Å². The second-order valence-electron chi connectivity index (χ2n) is 3.94. The summed E-state index contributed by atoms with van der Waals surface area (Å²) in [6.07, 6.45) is 0.188. The van der Waals surface area contributed by atoms with E-state index in [0.717, 1.165) is 10.0 Å². The molecular weight excluding hydrogens is 286 g/mol. The van der Waals surface area contributed by atoms with E-state index in [1.807, 2.05) is 12.1 Å². The molecule has 1 aromatic rings. The molecule has 0 aromatic heterocycles. The van der Waals surface area contributed by atoms with E-state index in [0.29, 0.717) is 5.56 Å². The summed E-state index contributed by atoms with van der Waals surface area (Å²) in [6.45, 7) is 0. The Kier molecular flexibility index (Phi) is 3.19. The summed E-state index contributed by atoms with van der Waals surface area (Å²) in [7, 11) is 3.05. The molecule has 4 nitrogen and oxygen atoms in total. The molecule has 0 saturated heterocycles. The molecule has 1 heterocycles. The predicted octanol–water partition coefficient (Wildman–Crippen LogP) is 2.14. The Hall–Kier alpha value is -1.36. The molecule has 0 radical (unpaired) electrons. The number of esters is 1. The zero-order valence-electron chi connectivity index (χ0n) is 9.57. The van der Waals surface area contributed by atoms with Crippen molar-refractivity contribution >= 4 is 27.8 Å². The first-order valence-electron chi connectivity index (χ1n) is 5.18. The summed E-state index contributed by atoms with van der Waals surface area (Å²) in [6, 6.07) is 5.30. The second-order valence-corrected chi connectivity index (χ2v) is 4.86. The number of rotatable bonds is 2. The van der Waals surface area contributed by atoms with Gasteiger partial charge >= 0.3 is 5.97 Å². The quantitative estimate of drug-likeness (QED) is 0.786. The van der Waals surface area contributed by atoms with Gasteiger partial charge in [0.25, 0.3) is 5.91 Å². The number of fused-ring (bicyclic) bond motifs is 1. The molecule has 1 amide bonds. The third kappa shape index (κ3) is 2.07. The summed E-state index contributed by atoms with van der Waals surface area (Å²) < 4.78 is 5.51. The minimum Gasteiger partial charge on any atom is -0.469 e. The van der Waals surface area contributed by atoms with Crippen molar-refractivity contribution in [1.82, 2.24) is 4.90 Å². The number of methoxy groups -OCH3 is 1. The van der Waals surface area contributed by atoms with Gasteiger partial charge < -0.3 is 9.64 Å². The summed E-state index contributed by atoms with van der Waals surface area (Å²) in [5, 5.41) is 0. The molecule has 0 spiro atoms. The average Bonchev–Trinajstić information content (AvgIpc) is 2.54. The minimum atomic E-state index is -0.314. The molecule has 17 heavy (non-hydrogen) atoms. The Morgan fingerprint density at radius 2 is 2.24 bits per heavy atom. The summed E-state index contributed by atoms with van der Waals surface area (Å²) in [4.78, 5) is 24.9. The zero-order valence-corrected chi connectivity index (χ0v) is 11.2. The van der Waals surface area contributed by atoms with E-state index in [1.165, 1.54) is 7.11 Å². The van der Waals surface area contributed by atoms with Crippen molar-refractivity contribution in [1.29, 1.82) is 0 Å². The molecule has 1 aliphatic heterocycles. The van der Waals surface area contributed by atoms with Gasteiger partial charge in [-0.25, -0.2) is 0 Å². The van der Waals surface area contributed by atoms with E-state index < -0.39 is 0 Å². The van der Waals surface area contributed by atoms with Crippen LogP contribution in [-0.4, -0.2) is 30.9 Å². The Labute approximate surface area is 108 Å². The Bertz CT molecular complexity index is 487. The second kappa shape index (κ2) is 4.49. The van der Waals surface area contributed by atoms with E-state index in [1.54, 1.807) is 18.0 Å². The lowest BCUT2D eigenvalue weighted by molar-refractivity contribution is -0.141. The highest BCUT2D eigenvalue weighted by atomic mass is 79.9. The van der Waals surface area contributed by atoms with Crippen molar-refractivity contribution in [3.8, 4) is 0 Å². The molecule has 5 heteroatoms. The summed E-state index contributed by atoms with van der Waals surface area (Å²) in [5.41, 5.74) is 1.53. The van der Waals surface area contributed by atoms with E-state index >= 15 is 0 Å². The van der Waals surface area contributed by atoms with E-state index in [9.17, 15) is 9.59 Å². The molecule has 1 aromatic carbocycles. The molecule has 0 saturated carbocycles. The van der Waals surface area contributed by atoms with Crippen LogP contribution in [0.2, 0.25) is 0 Å². The molecule has 0 bridgehead atoms. The van der Waals surface area contributed by atoms with Crippen molar-refractivity contribution in [3.05, 3.63) is 33.8 Å². The van der Waals surface area contributed by atoms with Crippen LogP contribution in [0.5, 0.6) is 0 Å². The lowest BCUT2D eigenvalue weighted by atomic mass is 10.0. The average molecular weight is 298 g/mol. The monoisotopic (exact) mass is 297 g/mol. The fraction of sp³-hybridized carbons (Fsp3) is 0.333. The molecule has 1 atom stereocenters. The van der Waals surface area contributed by atoms with Gasteiger partial charge in [0.05, 0.1) is 19.6 Å². The van der Waals surface area contributed by atoms with Gasteiger partial charge in [-0.15, -0.1) is 0 Å². The normalized spacial score (nSPS) is 18.2. The molecule has 0 unspecified atom stereocenters. The standard InChI is InChI=1S/C12H12BrNO3/c1-14-10(6-11(15)17-2)8-4-3-7(13)5-9(8)12(14)16/h3-5,10H,6H2,1-2H3/t10-/m1/s1. The molecule has 0 N–H and O–H groups in total. The number of carbonyl (C=O) groups excluding carboxylic acids is 2. The largest absolute Gasteiger partial charge is 0.469 e. The third-order valence-electron chi connectivity index (χ3n) is 2.98. The fourth-order valence-electron chi connectivity index (χ4n) is 2.03. The molecular formula is C12H12BrNO3. The van der Waals surface area contributed by atoms with Gasteiger partial charge in [0.15, 0.2) is 0 Å². The maximum atomic E-state index is 12.0. The van der Waals surface area contributed by atoms with Crippen LogP contribution in [0.4, 0.5) is 0 Å². The van der Waals surface area contributed by atoms with Gasteiger partial charge in [-0.2, -0.15) is 0 Å². The van der Waals surface area contributed by atoms with Gasteiger partial charge in [-0.05, 0) is 17.7 Å². The van der Waals surface area contributed by atoms with Crippen LogP contribution in [0, 0.1) is 0 Å². The fourth-order valence-corrected chi connectivity index (χ4v) is 2.39. The maximum Gasteiger partial charge on any atom is 0.307 e. The first-order valence-corrected chi connectivity index (χ1v) is 5.97. The van der Waals surface area contributed by atoms with Crippen LogP contribution in [0.25, 0.3) is 0 Å². The molecule has 0 aliphatic carbocycles. The number of benzene rings is 1. The lowest BCUT2D eigenvalue weighted by Crippen LogP contribution is -2.25. The topological polar surface area (TPSA) is 46.6 Å². The molecule has 0 fully saturated rings. The Balaban J connectivity index is 2.38. The number of amides is 1.